The fourth-order valence-corrected chi connectivity index (χ4v) is 1.43. The molecular weight excluding hydrogens is 202 g/mol. The van der Waals surface area contributed by atoms with Crippen LogP contribution in [-0.4, -0.2) is 10.1 Å². The third-order valence-electron chi connectivity index (χ3n) is 2.38. The average Bonchev–Trinajstić information content (AvgIpc) is 2.76. The molecule has 2 rings (SSSR count). The number of rotatable bonds is 4. The van der Waals surface area contributed by atoms with Gasteiger partial charge in [-0.1, -0.05) is 18.5 Å². The van der Waals surface area contributed by atoms with E-state index in [0.717, 1.165) is 30.5 Å². The van der Waals surface area contributed by atoms with E-state index >= 15 is 0 Å². The molecule has 0 aliphatic carbocycles. The molecule has 84 valence electrons. The molecule has 0 atom stereocenters. The Morgan fingerprint density at radius 3 is 2.69 bits per heavy atom. The lowest BCUT2D eigenvalue weighted by Crippen LogP contribution is -1.86. The van der Waals surface area contributed by atoms with E-state index in [1.807, 2.05) is 24.3 Å². The molecule has 0 saturated heterocycles. The summed E-state index contributed by atoms with van der Waals surface area (Å²) in [6.07, 6.45) is 3.04. The van der Waals surface area contributed by atoms with Crippen LogP contribution in [0, 0.1) is 0 Å². The van der Waals surface area contributed by atoms with Gasteiger partial charge in [-0.05, 0) is 30.7 Å². The Morgan fingerprint density at radius 1 is 1.25 bits per heavy atom. The fraction of sp³-hybridized carbons (Fsp3) is 0.333. The number of benzene rings is 1. The molecule has 0 saturated carbocycles. The van der Waals surface area contributed by atoms with Crippen LogP contribution in [0.25, 0.3) is 11.4 Å². The maximum Gasteiger partial charge on any atom is 0.226 e. The molecule has 0 radical (unpaired) electrons. The highest BCUT2D eigenvalue weighted by atomic mass is 16.5. The van der Waals surface area contributed by atoms with Gasteiger partial charge in [0.2, 0.25) is 11.7 Å². The Hall–Kier alpha value is -1.84. The predicted octanol–water partition coefficient (Wildman–Crippen LogP) is 2.66. The van der Waals surface area contributed by atoms with Gasteiger partial charge < -0.3 is 10.3 Å². The van der Waals surface area contributed by atoms with E-state index in [0.29, 0.717) is 11.7 Å². The van der Waals surface area contributed by atoms with Crippen molar-refractivity contribution in [3.8, 4) is 11.4 Å². The van der Waals surface area contributed by atoms with E-state index in [1.165, 1.54) is 0 Å². The highest BCUT2D eigenvalue weighted by molar-refractivity contribution is 5.57. The first-order chi connectivity index (χ1) is 7.79. The first kappa shape index (κ1) is 10.7. The van der Waals surface area contributed by atoms with Gasteiger partial charge in [0.25, 0.3) is 0 Å². The Morgan fingerprint density at radius 2 is 2.00 bits per heavy atom. The Labute approximate surface area is 94.5 Å². The molecule has 0 aliphatic rings. The van der Waals surface area contributed by atoms with E-state index in [-0.39, 0.29) is 0 Å². The van der Waals surface area contributed by atoms with Gasteiger partial charge in [0.15, 0.2) is 0 Å². The zero-order valence-electron chi connectivity index (χ0n) is 9.31. The van der Waals surface area contributed by atoms with Crippen LogP contribution in [0.1, 0.15) is 25.7 Å². The van der Waals surface area contributed by atoms with Gasteiger partial charge in [-0.3, -0.25) is 0 Å². The molecule has 0 spiro atoms. The maximum atomic E-state index is 5.61. The summed E-state index contributed by atoms with van der Waals surface area (Å²) in [7, 11) is 0. The summed E-state index contributed by atoms with van der Waals surface area (Å²) in [6.45, 7) is 2.14. The minimum atomic E-state index is 0.631. The van der Waals surface area contributed by atoms with Crippen molar-refractivity contribution in [3.05, 3.63) is 30.2 Å². The average molecular weight is 217 g/mol. The van der Waals surface area contributed by atoms with Gasteiger partial charge in [0.05, 0.1) is 0 Å². The monoisotopic (exact) mass is 217 g/mol. The Balaban J connectivity index is 2.15. The molecule has 0 amide bonds. The van der Waals surface area contributed by atoms with Gasteiger partial charge in [0, 0.05) is 17.7 Å². The molecule has 0 fully saturated rings. The van der Waals surface area contributed by atoms with Crippen LogP contribution in [0.15, 0.2) is 28.8 Å². The van der Waals surface area contributed by atoms with Gasteiger partial charge in [-0.2, -0.15) is 4.98 Å². The highest BCUT2D eigenvalue weighted by Crippen LogP contribution is 2.17. The predicted molar refractivity (Wildman–Crippen MR) is 62.8 cm³/mol. The fourth-order valence-electron chi connectivity index (χ4n) is 1.43. The van der Waals surface area contributed by atoms with E-state index in [9.17, 15) is 0 Å². The van der Waals surface area contributed by atoms with Crippen LogP contribution >= 0.6 is 0 Å². The number of nitrogens with two attached hydrogens (primary N) is 1. The van der Waals surface area contributed by atoms with Gasteiger partial charge in [0.1, 0.15) is 0 Å². The molecule has 1 aromatic carbocycles. The standard InChI is InChI=1S/C12H15N3O/c1-2-3-4-11-14-12(15-16-11)9-5-7-10(13)8-6-9/h5-8H,2-4,13H2,1H3. The Kier molecular flexibility index (Phi) is 3.19. The van der Waals surface area contributed by atoms with Gasteiger partial charge >= 0.3 is 0 Å². The minimum Gasteiger partial charge on any atom is -0.399 e. The molecule has 2 aromatic rings. The molecule has 2 N–H and O–H groups in total. The first-order valence-electron chi connectivity index (χ1n) is 5.48. The van der Waals surface area contributed by atoms with Crippen molar-refractivity contribution in [3.63, 3.8) is 0 Å². The van der Waals surface area contributed by atoms with Crippen LogP contribution in [0.3, 0.4) is 0 Å². The maximum absolute atomic E-state index is 5.61. The number of hydrogen-bond donors (Lipinski definition) is 1. The van der Waals surface area contributed by atoms with Crippen LogP contribution in [-0.2, 0) is 6.42 Å². The summed E-state index contributed by atoms with van der Waals surface area (Å²) < 4.78 is 5.16. The van der Waals surface area contributed by atoms with Crippen molar-refractivity contribution in [2.24, 2.45) is 0 Å². The largest absolute Gasteiger partial charge is 0.399 e. The number of aromatic nitrogens is 2. The first-order valence-corrected chi connectivity index (χ1v) is 5.48. The summed E-state index contributed by atoms with van der Waals surface area (Å²) >= 11 is 0. The number of nitrogen functional groups attached to an aromatic ring is 1. The lowest BCUT2D eigenvalue weighted by Gasteiger charge is -1.94. The van der Waals surface area contributed by atoms with Crippen molar-refractivity contribution in [1.82, 2.24) is 10.1 Å². The second-order valence-electron chi connectivity index (χ2n) is 3.74. The second-order valence-corrected chi connectivity index (χ2v) is 3.74. The number of unbranched alkanes of at least 4 members (excludes halogenated alkanes) is 1. The molecule has 4 nitrogen and oxygen atoms in total. The molecular formula is C12H15N3O. The zero-order valence-corrected chi connectivity index (χ0v) is 9.31. The third kappa shape index (κ3) is 2.39. The second kappa shape index (κ2) is 4.79. The van der Waals surface area contributed by atoms with Crippen LogP contribution in [0.5, 0.6) is 0 Å². The van der Waals surface area contributed by atoms with Crippen LogP contribution in [0.4, 0.5) is 5.69 Å². The molecule has 1 aromatic heterocycles. The van der Waals surface area contributed by atoms with Crippen LogP contribution < -0.4 is 5.73 Å². The molecule has 0 bridgehead atoms. The van der Waals surface area contributed by atoms with Gasteiger partial charge in [-0.15, -0.1) is 0 Å². The highest BCUT2D eigenvalue weighted by Gasteiger charge is 2.07. The topological polar surface area (TPSA) is 64.9 Å². The van der Waals surface area contributed by atoms with E-state index in [1.54, 1.807) is 0 Å². The summed E-state index contributed by atoms with van der Waals surface area (Å²) in [5.74, 6) is 1.33. The van der Waals surface area contributed by atoms with E-state index in [2.05, 4.69) is 17.1 Å². The minimum absolute atomic E-state index is 0.631. The van der Waals surface area contributed by atoms with E-state index < -0.39 is 0 Å². The third-order valence-corrected chi connectivity index (χ3v) is 2.38. The zero-order chi connectivity index (χ0) is 11.4. The van der Waals surface area contributed by atoms with Crippen molar-refractivity contribution in [2.75, 3.05) is 5.73 Å². The van der Waals surface area contributed by atoms with Crippen molar-refractivity contribution < 1.29 is 4.52 Å². The van der Waals surface area contributed by atoms with Crippen LogP contribution in [0.2, 0.25) is 0 Å². The molecule has 16 heavy (non-hydrogen) atoms. The number of aryl methyl sites for hydroxylation is 1. The lowest BCUT2D eigenvalue weighted by atomic mass is 10.2. The Bertz CT molecular complexity index is 448. The molecule has 4 heteroatoms. The summed E-state index contributed by atoms with van der Waals surface area (Å²) in [5.41, 5.74) is 7.28. The quantitative estimate of drug-likeness (QED) is 0.799. The SMILES string of the molecule is CCCCc1nc(-c2ccc(N)cc2)no1. The smallest absolute Gasteiger partial charge is 0.226 e. The summed E-state index contributed by atoms with van der Waals surface area (Å²) in [6, 6.07) is 7.45. The van der Waals surface area contributed by atoms with E-state index in [4.69, 9.17) is 10.3 Å². The van der Waals surface area contributed by atoms with Crippen molar-refractivity contribution in [1.29, 1.82) is 0 Å². The summed E-state index contributed by atoms with van der Waals surface area (Å²) in [4.78, 5) is 4.33. The summed E-state index contributed by atoms with van der Waals surface area (Å²) in [5, 5.41) is 3.94. The number of nitrogens with zero attached hydrogens (tertiary/aromatic N) is 2. The van der Waals surface area contributed by atoms with Crippen molar-refractivity contribution >= 4 is 5.69 Å². The molecule has 1 heterocycles. The molecule has 0 unspecified atom stereocenters. The van der Waals surface area contributed by atoms with Gasteiger partial charge in [-0.25, -0.2) is 0 Å². The normalized spacial score (nSPS) is 10.6. The molecule has 0 aliphatic heterocycles. The van der Waals surface area contributed by atoms with Crippen molar-refractivity contribution in [2.45, 2.75) is 26.2 Å². The number of hydrogen-bond acceptors (Lipinski definition) is 4. The lowest BCUT2D eigenvalue weighted by molar-refractivity contribution is 0.375. The number of anilines is 1.